The summed E-state index contributed by atoms with van der Waals surface area (Å²) in [7, 11) is 1.28. The Morgan fingerprint density at radius 1 is 1.33 bits per heavy atom. The second kappa shape index (κ2) is 6.40. The molecule has 0 radical (unpaired) electrons. The molecule has 2 atom stereocenters. The van der Waals surface area contributed by atoms with E-state index in [1.165, 1.54) is 7.11 Å². The van der Waals surface area contributed by atoms with Crippen LogP contribution in [0.1, 0.15) is 27.2 Å². The van der Waals surface area contributed by atoms with E-state index in [0.29, 0.717) is 12.3 Å². The number of amides is 1. The molecule has 5 heteroatoms. The number of esters is 1. The van der Waals surface area contributed by atoms with E-state index in [0.717, 1.165) is 0 Å². The first-order valence-corrected chi connectivity index (χ1v) is 5.02. The summed E-state index contributed by atoms with van der Waals surface area (Å²) >= 11 is 0. The summed E-state index contributed by atoms with van der Waals surface area (Å²) < 4.78 is 4.48. The maximum absolute atomic E-state index is 11.5. The molecule has 0 rings (SSSR count). The molecule has 0 saturated heterocycles. The van der Waals surface area contributed by atoms with Gasteiger partial charge in [-0.05, 0) is 19.3 Å². The third-order valence-electron chi connectivity index (χ3n) is 1.98. The van der Waals surface area contributed by atoms with Crippen molar-refractivity contribution < 1.29 is 14.3 Å². The van der Waals surface area contributed by atoms with Gasteiger partial charge in [0.15, 0.2) is 0 Å². The van der Waals surface area contributed by atoms with Crippen molar-refractivity contribution in [3.63, 3.8) is 0 Å². The third kappa shape index (κ3) is 5.37. The van der Waals surface area contributed by atoms with Crippen molar-refractivity contribution >= 4 is 11.9 Å². The highest BCUT2D eigenvalue weighted by Gasteiger charge is 2.20. The van der Waals surface area contributed by atoms with Crippen molar-refractivity contribution in [3.8, 4) is 0 Å². The number of carbonyl (C=O) groups excluding carboxylic acids is 2. The highest BCUT2D eigenvalue weighted by molar-refractivity contribution is 5.87. The number of ether oxygens (including phenoxy) is 1. The van der Waals surface area contributed by atoms with E-state index in [-0.39, 0.29) is 5.91 Å². The first-order chi connectivity index (χ1) is 6.88. The number of hydrogen-bond acceptors (Lipinski definition) is 4. The highest BCUT2D eigenvalue weighted by atomic mass is 16.5. The zero-order chi connectivity index (χ0) is 12.0. The van der Waals surface area contributed by atoms with Gasteiger partial charge in [-0.1, -0.05) is 13.8 Å². The van der Waals surface area contributed by atoms with Gasteiger partial charge in [-0.25, -0.2) is 4.79 Å². The van der Waals surface area contributed by atoms with Gasteiger partial charge in [-0.15, -0.1) is 0 Å². The van der Waals surface area contributed by atoms with Gasteiger partial charge in [0, 0.05) is 0 Å². The standard InChI is InChI=1S/C10H20N2O3/c1-6(2)5-8(11)9(13)12-7(3)10(14)15-4/h6-8H,5,11H2,1-4H3,(H,12,13)/t7-,8-/m0/s1/i7+1,9+1,12+1. The van der Waals surface area contributed by atoms with Gasteiger partial charge in [-0.2, -0.15) is 0 Å². The lowest BCUT2D eigenvalue weighted by atomic mass is 10.1. The number of methoxy groups -OCH3 is 1. The molecule has 0 aliphatic heterocycles. The van der Waals surface area contributed by atoms with Gasteiger partial charge >= 0.3 is 5.97 Å². The number of rotatable bonds is 5. The minimum absolute atomic E-state index is 0.318. The van der Waals surface area contributed by atoms with Crippen LogP contribution in [0.2, 0.25) is 0 Å². The molecule has 0 bridgehead atoms. The Kier molecular flexibility index (Phi) is 5.93. The summed E-state index contributed by atoms with van der Waals surface area (Å²) in [5.41, 5.74) is 5.64. The summed E-state index contributed by atoms with van der Waals surface area (Å²) in [5.74, 6) is -0.444. The van der Waals surface area contributed by atoms with Crippen molar-refractivity contribution in [1.29, 1.82) is 0 Å². The van der Waals surface area contributed by atoms with Crippen molar-refractivity contribution in [3.05, 3.63) is 0 Å². The summed E-state index contributed by atoms with van der Waals surface area (Å²) in [6.07, 6.45) is 0.597. The fourth-order valence-corrected chi connectivity index (χ4v) is 1.17. The lowest BCUT2D eigenvalue weighted by Crippen LogP contribution is -2.47. The van der Waals surface area contributed by atoms with E-state index in [4.69, 9.17) is 5.73 Å². The fraction of sp³-hybridized carbons (Fsp3) is 0.800. The van der Waals surface area contributed by atoms with Crippen LogP contribution in [-0.2, 0) is 14.3 Å². The van der Waals surface area contributed by atoms with Gasteiger partial charge in [-0.3, -0.25) is 4.79 Å². The van der Waals surface area contributed by atoms with Crippen LogP contribution in [0.25, 0.3) is 0 Å². The SMILES string of the molecule is COC(=O)[13C@H](C)[15NH][13C](=O)[C@@H](N)CC(C)C. The Hall–Kier alpha value is -1.10. The molecule has 0 aliphatic rings. The van der Waals surface area contributed by atoms with E-state index in [1.807, 2.05) is 13.8 Å². The molecule has 5 nitrogen and oxygen atoms in total. The van der Waals surface area contributed by atoms with Crippen LogP contribution in [-0.4, -0.2) is 31.1 Å². The van der Waals surface area contributed by atoms with Gasteiger partial charge in [0.1, 0.15) is 6.04 Å². The van der Waals surface area contributed by atoms with Crippen LogP contribution >= 0.6 is 0 Å². The van der Waals surface area contributed by atoms with E-state index in [2.05, 4.69) is 10.1 Å². The molecule has 0 aromatic carbocycles. The highest BCUT2D eigenvalue weighted by Crippen LogP contribution is 2.02. The Morgan fingerprint density at radius 3 is 2.27 bits per heavy atom. The van der Waals surface area contributed by atoms with E-state index in [1.54, 1.807) is 6.92 Å². The van der Waals surface area contributed by atoms with Crippen LogP contribution in [0.15, 0.2) is 0 Å². The first kappa shape index (κ1) is 13.9. The average Bonchev–Trinajstić information content (AvgIpc) is 2.15. The molecule has 0 spiro atoms. The minimum Gasteiger partial charge on any atom is -0.467 e. The minimum atomic E-state index is -0.652. The Labute approximate surface area is 90.4 Å². The van der Waals surface area contributed by atoms with Crippen LogP contribution in [0.5, 0.6) is 0 Å². The maximum Gasteiger partial charge on any atom is 0.328 e. The molecule has 0 aromatic heterocycles. The third-order valence-corrected chi connectivity index (χ3v) is 1.98. The quantitative estimate of drug-likeness (QED) is 0.388. The largest absolute Gasteiger partial charge is 0.467 e. The van der Waals surface area contributed by atoms with Gasteiger partial charge in [0.2, 0.25) is 5.91 Å². The molecule has 1 amide bonds. The number of nitrogens with two attached hydrogens (primary N) is 1. The molecular formula is C10H20N2O3. The van der Waals surface area contributed by atoms with Gasteiger partial charge < -0.3 is 15.8 Å². The zero-order valence-electron chi connectivity index (χ0n) is 9.74. The van der Waals surface area contributed by atoms with E-state index >= 15 is 0 Å². The molecule has 15 heavy (non-hydrogen) atoms. The van der Waals surface area contributed by atoms with Crippen molar-refractivity contribution in [2.24, 2.45) is 11.7 Å². The Morgan fingerprint density at radius 2 is 1.87 bits per heavy atom. The number of nitrogens with one attached hydrogen (secondary N) is 1. The predicted octanol–water partition coefficient (Wildman–Crippen LogP) is 0.0375. The summed E-state index contributed by atoms with van der Waals surface area (Å²) in [6.45, 7) is 5.53. The Balaban J connectivity index is 4.07. The van der Waals surface area contributed by atoms with Gasteiger partial charge in [0.05, 0.1) is 13.2 Å². The molecule has 0 saturated carbocycles. The monoisotopic (exact) mass is 219 g/mol. The van der Waals surface area contributed by atoms with Crippen LogP contribution in [0.3, 0.4) is 0 Å². The summed E-state index contributed by atoms with van der Waals surface area (Å²) in [5, 5.41) is 2.50. The second-order valence-corrected chi connectivity index (χ2v) is 3.99. The lowest BCUT2D eigenvalue weighted by molar-refractivity contribution is -0.144. The molecule has 0 aromatic rings. The normalized spacial score (nSPS) is 14.5. The Bertz CT molecular complexity index is 229. The topological polar surface area (TPSA) is 81.4 Å². The van der Waals surface area contributed by atoms with E-state index < -0.39 is 18.1 Å². The molecule has 3 N–H and O–H groups in total. The smallest absolute Gasteiger partial charge is 0.328 e. The van der Waals surface area contributed by atoms with Crippen LogP contribution in [0, 0.1) is 5.92 Å². The molecule has 88 valence electrons. The fourth-order valence-electron chi connectivity index (χ4n) is 1.17. The number of carbonyl (C=O) groups is 2. The van der Waals surface area contributed by atoms with Gasteiger partial charge in [0.25, 0.3) is 0 Å². The molecule has 0 unspecified atom stereocenters. The number of hydrogen-bond donors (Lipinski definition) is 2. The van der Waals surface area contributed by atoms with Crippen molar-refractivity contribution in [1.82, 2.24) is 5.32 Å². The van der Waals surface area contributed by atoms with Crippen LogP contribution in [0.4, 0.5) is 0 Å². The summed E-state index contributed by atoms with van der Waals surface area (Å²) in [4.78, 5) is 22.5. The first-order valence-electron chi connectivity index (χ1n) is 5.02. The maximum atomic E-state index is 11.5. The van der Waals surface area contributed by atoms with Crippen molar-refractivity contribution in [2.45, 2.75) is 39.3 Å². The molecule has 0 fully saturated rings. The zero-order valence-corrected chi connectivity index (χ0v) is 9.74. The summed E-state index contributed by atoms with van der Waals surface area (Å²) in [6, 6.07) is -1.22. The lowest BCUT2D eigenvalue weighted by Gasteiger charge is -2.17. The predicted molar refractivity (Wildman–Crippen MR) is 57.1 cm³/mol. The van der Waals surface area contributed by atoms with E-state index in [9.17, 15) is 9.59 Å². The van der Waals surface area contributed by atoms with Crippen LogP contribution < -0.4 is 11.1 Å². The molecular weight excluding hydrogens is 199 g/mol. The second-order valence-electron chi connectivity index (χ2n) is 3.99. The van der Waals surface area contributed by atoms with Crippen molar-refractivity contribution in [2.75, 3.05) is 7.11 Å². The molecule has 0 aliphatic carbocycles. The average molecular weight is 219 g/mol. The molecule has 0 heterocycles.